The first-order valence-electron chi connectivity index (χ1n) is 3.99. The summed E-state index contributed by atoms with van der Waals surface area (Å²) in [7, 11) is -8.69. The van der Waals surface area contributed by atoms with Crippen molar-refractivity contribution in [3.8, 4) is 0 Å². The molecule has 0 aromatic heterocycles. The van der Waals surface area contributed by atoms with E-state index in [4.69, 9.17) is 9.11 Å². The Morgan fingerprint density at radius 2 is 1.75 bits per heavy atom. The number of ether oxygens (including phenoxy) is 1. The van der Waals surface area contributed by atoms with Gasteiger partial charge in [-0.05, 0) is 6.08 Å². The fourth-order valence-corrected chi connectivity index (χ4v) is 3.86. The molecular formula is C7H10O7S2. The van der Waals surface area contributed by atoms with Crippen molar-refractivity contribution in [1.82, 2.24) is 0 Å². The molecular weight excluding hydrogens is 260 g/mol. The molecule has 0 aromatic carbocycles. The minimum absolute atomic E-state index is 0.848. The lowest BCUT2D eigenvalue weighted by Crippen LogP contribution is -2.52. The summed E-state index contributed by atoms with van der Waals surface area (Å²) in [4.78, 5) is -2.52. The van der Waals surface area contributed by atoms with E-state index in [1.54, 1.807) is 0 Å². The van der Waals surface area contributed by atoms with Crippen LogP contribution in [0.2, 0.25) is 0 Å². The van der Waals surface area contributed by atoms with Crippen LogP contribution in [0.5, 0.6) is 0 Å². The van der Waals surface area contributed by atoms with Gasteiger partial charge in [-0.25, -0.2) is 0 Å². The average molecular weight is 270 g/mol. The molecule has 7 nitrogen and oxygen atoms in total. The predicted molar refractivity (Wildman–Crippen MR) is 54.9 cm³/mol. The van der Waals surface area contributed by atoms with Gasteiger partial charge >= 0.3 is 10.1 Å². The van der Waals surface area contributed by atoms with Crippen molar-refractivity contribution in [2.45, 2.75) is 10.2 Å². The van der Waals surface area contributed by atoms with Crippen LogP contribution < -0.4 is 0 Å². The molecule has 0 amide bonds. The SMILES string of the molecule is COC1(S(=O)(=O)O)C=CC=CC1S(=O)(=O)O. The van der Waals surface area contributed by atoms with Gasteiger partial charge in [0.1, 0.15) is 0 Å². The topological polar surface area (TPSA) is 118 Å². The molecule has 1 aliphatic rings. The molecule has 0 aliphatic heterocycles. The summed E-state index contributed by atoms with van der Waals surface area (Å²) in [6, 6.07) is 0. The molecule has 0 bridgehead atoms. The van der Waals surface area contributed by atoms with Crippen molar-refractivity contribution in [3.63, 3.8) is 0 Å². The Labute approximate surface area is 92.9 Å². The van der Waals surface area contributed by atoms with Crippen LogP contribution in [-0.4, -0.2) is 43.2 Å². The molecule has 16 heavy (non-hydrogen) atoms. The van der Waals surface area contributed by atoms with Crippen molar-refractivity contribution in [3.05, 3.63) is 24.3 Å². The third kappa shape index (κ3) is 2.04. The van der Waals surface area contributed by atoms with Crippen LogP contribution in [0, 0.1) is 0 Å². The fourth-order valence-electron chi connectivity index (χ4n) is 1.41. The quantitative estimate of drug-likeness (QED) is 0.670. The number of allylic oxidation sites excluding steroid dienone is 2. The second-order valence-electron chi connectivity index (χ2n) is 3.08. The Kier molecular flexibility index (Phi) is 3.27. The van der Waals surface area contributed by atoms with Gasteiger partial charge in [-0.15, -0.1) is 0 Å². The lowest BCUT2D eigenvalue weighted by molar-refractivity contribution is 0.0946. The number of methoxy groups -OCH3 is 1. The van der Waals surface area contributed by atoms with Crippen molar-refractivity contribution in [2.75, 3.05) is 7.11 Å². The molecule has 0 radical (unpaired) electrons. The van der Waals surface area contributed by atoms with E-state index in [0.29, 0.717) is 0 Å². The van der Waals surface area contributed by atoms with Crippen LogP contribution in [0.4, 0.5) is 0 Å². The monoisotopic (exact) mass is 270 g/mol. The molecule has 1 aliphatic carbocycles. The van der Waals surface area contributed by atoms with Crippen molar-refractivity contribution in [1.29, 1.82) is 0 Å². The number of hydrogen-bond acceptors (Lipinski definition) is 5. The zero-order valence-electron chi connectivity index (χ0n) is 8.14. The molecule has 0 saturated carbocycles. The molecule has 1 rings (SSSR count). The molecule has 2 unspecified atom stereocenters. The van der Waals surface area contributed by atoms with Gasteiger partial charge in [0.15, 0.2) is 5.25 Å². The average Bonchev–Trinajstić information content (AvgIpc) is 2.14. The van der Waals surface area contributed by atoms with Crippen LogP contribution in [0.15, 0.2) is 24.3 Å². The van der Waals surface area contributed by atoms with E-state index < -0.39 is 30.4 Å². The zero-order chi connectivity index (χ0) is 12.6. The molecule has 9 heteroatoms. The Balaban J connectivity index is 3.50. The Bertz CT molecular complexity index is 527. The van der Waals surface area contributed by atoms with E-state index in [2.05, 4.69) is 4.74 Å². The lowest BCUT2D eigenvalue weighted by atomic mass is 10.1. The second kappa shape index (κ2) is 3.93. The van der Waals surface area contributed by atoms with Crippen LogP contribution in [0.25, 0.3) is 0 Å². The fraction of sp³-hybridized carbons (Fsp3) is 0.429. The summed E-state index contributed by atoms with van der Waals surface area (Å²) < 4.78 is 66.9. The molecule has 0 aromatic rings. The minimum atomic E-state index is -4.87. The first-order valence-corrected chi connectivity index (χ1v) is 6.94. The lowest BCUT2D eigenvalue weighted by Gasteiger charge is -2.31. The van der Waals surface area contributed by atoms with Crippen molar-refractivity contribution >= 4 is 20.2 Å². The van der Waals surface area contributed by atoms with E-state index in [-0.39, 0.29) is 0 Å². The van der Waals surface area contributed by atoms with Crippen molar-refractivity contribution < 1.29 is 30.7 Å². The summed E-state index contributed by atoms with van der Waals surface area (Å²) in [5, 5.41) is -1.91. The summed E-state index contributed by atoms with van der Waals surface area (Å²) >= 11 is 0. The smallest absolute Gasteiger partial charge is 0.300 e. The summed E-state index contributed by atoms with van der Waals surface area (Å²) in [5.41, 5.74) is 0. The highest BCUT2D eigenvalue weighted by atomic mass is 32.2. The van der Waals surface area contributed by atoms with Crippen LogP contribution >= 0.6 is 0 Å². The maximum absolute atomic E-state index is 11.2. The van der Waals surface area contributed by atoms with Gasteiger partial charge in [0.2, 0.25) is 4.93 Å². The predicted octanol–water partition coefficient (Wildman–Crippen LogP) is -0.401. The van der Waals surface area contributed by atoms with Crippen LogP contribution in [-0.2, 0) is 25.0 Å². The van der Waals surface area contributed by atoms with Crippen molar-refractivity contribution in [2.24, 2.45) is 0 Å². The molecule has 0 spiro atoms. The molecule has 0 saturated heterocycles. The van der Waals surface area contributed by atoms with Crippen LogP contribution in [0.1, 0.15) is 0 Å². The minimum Gasteiger partial charge on any atom is -0.355 e. The van der Waals surface area contributed by atoms with Gasteiger partial charge < -0.3 is 4.74 Å². The van der Waals surface area contributed by atoms with E-state index in [9.17, 15) is 16.8 Å². The van der Waals surface area contributed by atoms with E-state index in [1.165, 1.54) is 12.2 Å². The van der Waals surface area contributed by atoms with Gasteiger partial charge in [-0.1, -0.05) is 18.2 Å². The van der Waals surface area contributed by atoms with Gasteiger partial charge in [0.25, 0.3) is 10.1 Å². The third-order valence-electron chi connectivity index (χ3n) is 2.17. The number of hydrogen-bond donors (Lipinski definition) is 2. The molecule has 92 valence electrons. The summed E-state index contributed by atoms with van der Waals surface area (Å²) in [6.45, 7) is 0. The maximum Gasteiger partial charge on any atom is 0.300 e. The van der Waals surface area contributed by atoms with E-state index in [0.717, 1.165) is 19.3 Å². The maximum atomic E-state index is 11.2. The first-order chi connectivity index (χ1) is 7.15. The van der Waals surface area contributed by atoms with Gasteiger partial charge in [-0.3, -0.25) is 9.11 Å². The first kappa shape index (κ1) is 13.3. The Morgan fingerprint density at radius 1 is 1.19 bits per heavy atom. The van der Waals surface area contributed by atoms with Gasteiger partial charge in [0, 0.05) is 7.11 Å². The Hall–Kier alpha value is -0.740. The zero-order valence-corrected chi connectivity index (χ0v) is 9.77. The van der Waals surface area contributed by atoms with Crippen LogP contribution in [0.3, 0.4) is 0 Å². The number of rotatable bonds is 3. The largest absolute Gasteiger partial charge is 0.355 e. The Morgan fingerprint density at radius 3 is 2.06 bits per heavy atom. The van der Waals surface area contributed by atoms with E-state index >= 15 is 0 Å². The molecule has 0 fully saturated rings. The highest BCUT2D eigenvalue weighted by molar-refractivity contribution is 7.91. The molecule has 2 N–H and O–H groups in total. The second-order valence-corrected chi connectivity index (χ2v) is 6.21. The molecule has 0 heterocycles. The van der Waals surface area contributed by atoms with Gasteiger partial charge in [0.05, 0.1) is 0 Å². The highest BCUT2D eigenvalue weighted by Crippen LogP contribution is 2.32. The normalized spacial score (nSPS) is 30.6. The standard InChI is InChI=1S/C7H10O7S2/c1-14-7(16(11,12)13)5-3-2-4-6(7)15(8,9)10/h2-6H,1H3,(H,8,9,10)(H,11,12,13). The van der Waals surface area contributed by atoms with E-state index in [1.807, 2.05) is 0 Å². The third-order valence-corrected chi connectivity index (χ3v) is 4.83. The summed E-state index contributed by atoms with van der Waals surface area (Å²) in [6.07, 6.45) is 4.17. The highest BCUT2D eigenvalue weighted by Gasteiger charge is 2.54. The van der Waals surface area contributed by atoms with Gasteiger partial charge in [-0.2, -0.15) is 16.8 Å². The molecule has 2 atom stereocenters. The summed E-state index contributed by atoms with van der Waals surface area (Å²) in [5.74, 6) is 0.